The van der Waals surface area contributed by atoms with Crippen LogP contribution in [0.3, 0.4) is 0 Å². The molecule has 0 aromatic heterocycles. The van der Waals surface area contributed by atoms with Gasteiger partial charge < -0.3 is 4.74 Å². The second-order valence-electron chi connectivity index (χ2n) is 5.03. The Morgan fingerprint density at radius 1 is 1.30 bits per heavy atom. The summed E-state index contributed by atoms with van der Waals surface area (Å²) in [6.45, 7) is 4.18. The van der Waals surface area contributed by atoms with Crippen molar-refractivity contribution in [3.63, 3.8) is 0 Å². The minimum absolute atomic E-state index is 0.0160. The molecule has 0 aliphatic rings. The first-order chi connectivity index (χ1) is 9.52. The van der Waals surface area contributed by atoms with Gasteiger partial charge in [-0.05, 0) is 18.1 Å². The van der Waals surface area contributed by atoms with E-state index in [0.717, 1.165) is 12.8 Å². The molecule has 0 amide bonds. The number of carbonyl (C=O) groups is 1. The number of unbranched alkanes of at least 4 members (excludes halogenated alkanes) is 2. The van der Waals surface area contributed by atoms with Crippen molar-refractivity contribution in [2.75, 3.05) is 0 Å². The van der Waals surface area contributed by atoms with Crippen molar-refractivity contribution >= 4 is 11.7 Å². The molecule has 0 N–H and O–H groups in total. The number of hydrogen-bond donors (Lipinski definition) is 0. The van der Waals surface area contributed by atoms with Crippen LogP contribution in [-0.4, -0.2) is 10.9 Å². The topological polar surface area (TPSA) is 69.4 Å². The van der Waals surface area contributed by atoms with Gasteiger partial charge in [-0.1, -0.05) is 39.5 Å². The number of hydrogen-bond acceptors (Lipinski definition) is 4. The van der Waals surface area contributed by atoms with Crippen LogP contribution in [0.2, 0.25) is 0 Å². The van der Waals surface area contributed by atoms with Crippen LogP contribution in [0.1, 0.15) is 46.0 Å². The lowest BCUT2D eigenvalue weighted by Gasteiger charge is -2.10. The van der Waals surface area contributed by atoms with Gasteiger partial charge in [0.2, 0.25) is 0 Å². The molecular weight excluding hydrogens is 258 g/mol. The van der Waals surface area contributed by atoms with Gasteiger partial charge in [-0.2, -0.15) is 0 Å². The molecule has 0 radical (unpaired) electrons. The van der Waals surface area contributed by atoms with Crippen molar-refractivity contribution in [1.29, 1.82) is 0 Å². The number of nitro groups is 1. The molecule has 0 aliphatic heterocycles. The third-order valence-corrected chi connectivity index (χ3v) is 3.09. The fraction of sp³-hybridized carbons (Fsp3) is 0.533. The number of non-ortho nitro benzene ring substituents is 1. The average molecular weight is 279 g/mol. The van der Waals surface area contributed by atoms with Crippen LogP contribution in [0.4, 0.5) is 5.69 Å². The Morgan fingerprint density at radius 2 is 1.95 bits per heavy atom. The monoisotopic (exact) mass is 279 g/mol. The summed E-state index contributed by atoms with van der Waals surface area (Å²) >= 11 is 0. The molecule has 0 fully saturated rings. The second-order valence-corrected chi connectivity index (χ2v) is 5.03. The molecule has 0 aliphatic carbocycles. The first-order valence-electron chi connectivity index (χ1n) is 6.98. The van der Waals surface area contributed by atoms with E-state index in [1.807, 2.05) is 6.92 Å². The summed E-state index contributed by atoms with van der Waals surface area (Å²) in [6.07, 6.45) is 4.87. The molecule has 1 atom stereocenters. The van der Waals surface area contributed by atoms with Crippen LogP contribution in [0, 0.1) is 16.0 Å². The van der Waals surface area contributed by atoms with Gasteiger partial charge in [0.1, 0.15) is 5.75 Å². The van der Waals surface area contributed by atoms with E-state index in [-0.39, 0.29) is 11.7 Å². The SMILES string of the molecule is CCCCC[C@@H](C)CC(=O)Oc1ccc([N+](=O)[O-])cc1. The maximum absolute atomic E-state index is 11.7. The number of carbonyl (C=O) groups excluding carboxylic acids is 1. The van der Waals surface area contributed by atoms with Gasteiger partial charge in [-0.3, -0.25) is 14.9 Å². The van der Waals surface area contributed by atoms with Crippen LogP contribution in [0.15, 0.2) is 24.3 Å². The van der Waals surface area contributed by atoms with E-state index in [1.165, 1.54) is 37.1 Å². The summed E-state index contributed by atoms with van der Waals surface area (Å²) in [5, 5.41) is 10.5. The first kappa shape index (κ1) is 16.1. The lowest BCUT2D eigenvalue weighted by Crippen LogP contribution is -2.12. The van der Waals surface area contributed by atoms with Crippen LogP contribution in [0.5, 0.6) is 5.75 Å². The summed E-state index contributed by atoms with van der Waals surface area (Å²) in [6, 6.07) is 5.54. The van der Waals surface area contributed by atoms with Crippen molar-refractivity contribution in [3.8, 4) is 5.75 Å². The Balaban J connectivity index is 2.39. The maximum atomic E-state index is 11.7. The number of rotatable bonds is 8. The van der Waals surface area contributed by atoms with Gasteiger partial charge in [0.25, 0.3) is 5.69 Å². The van der Waals surface area contributed by atoms with Crippen LogP contribution in [0.25, 0.3) is 0 Å². The zero-order valence-electron chi connectivity index (χ0n) is 12.0. The summed E-state index contributed by atoms with van der Waals surface area (Å²) in [5.74, 6) is 0.358. The molecule has 0 spiro atoms. The van der Waals surface area contributed by atoms with E-state index in [4.69, 9.17) is 4.74 Å². The minimum atomic E-state index is -0.485. The van der Waals surface area contributed by atoms with Crippen LogP contribution >= 0.6 is 0 Å². The third kappa shape index (κ3) is 5.82. The summed E-state index contributed by atoms with van der Waals surface area (Å²) in [7, 11) is 0. The van der Waals surface area contributed by atoms with Crippen molar-refractivity contribution < 1.29 is 14.5 Å². The second kappa shape index (κ2) is 8.30. The molecule has 0 saturated heterocycles. The maximum Gasteiger partial charge on any atom is 0.311 e. The van der Waals surface area contributed by atoms with E-state index in [9.17, 15) is 14.9 Å². The zero-order chi connectivity index (χ0) is 15.0. The molecule has 110 valence electrons. The largest absolute Gasteiger partial charge is 0.427 e. The van der Waals surface area contributed by atoms with Gasteiger partial charge in [0, 0.05) is 18.6 Å². The molecule has 20 heavy (non-hydrogen) atoms. The van der Waals surface area contributed by atoms with Crippen molar-refractivity contribution in [3.05, 3.63) is 34.4 Å². The Bertz CT molecular complexity index is 442. The molecule has 1 rings (SSSR count). The zero-order valence-corrected chi connectivity index (χ0v) is 12.0. The minimum Gasteiger partial charge on any atom is -0.427 e. The van der Waals surface area contributed by atoms with Gasteiger partial charge >= 0.3 is 5.97 Å². The number of nitrogens with zero attached hydrogens (tertiary/aromatic N) is 1. The average Bonchev–Trinajstić information content (AvgIpc) is 2.39. The number of benzene rings is 1. The van der Waals surface area contributed by atoms with Crippen LogP contribution < -0.4 is 4.74 Å². The Kier molecular flexibility index (Phi) is 6.70. The lowest BCUT2D eigenvalue weighted by molar-refractivity contribution is -0.384. The standard InChI is InChI=1S/C15H21NO4/c1-3-4-5-6-12(2)11-15(17)20-14-9-7-13(8-10-14)16(18)19/h7-10,12H,3-6,11H2,1-2H3/t12-/m1/s1. The molecule has 0 unspecified atom stereocenters. The van der Waals surface area contributed by atoms with Crippen LogP contribution in [-0.2, 0) is 4.79 Å². The lowest BCUT2D eigenvalue weighted by atomic mass is 10.0. The van der Waals surface area contributed by atoms with E-state index in [0.29, 0.717) is 18.1 Å². The van der Waals surface area contributed by atoms with Crippen molar-refractivity contribution in [1.82, 2.24) is 0 Å². The smallest absolute Gasteiger partial charge is 0.311 e. The molecular formula is C15H21NO4. The van der Waals surface area contributed by atoms with Gasteiger partial charge in [0.05, 0.1) is 4.92 Å². The van der Waals surface area contributed by atoms with E-state index < -0.39 is 4.92 Å². The predicted octanol–water partition coefficient (Wildman–Crippen LogP) is 4.11. The first-order valence-corrected chi connectivity index (χ1v) is 6.98. The quantitative estimate of drug-likeness (QED) is 0.236. The molecule has 0 bridgehead atoms. The van der Waals surface area contributed by atoms with Gasteiger partial charge in [-0.25, -0.2) is 0 Å². The van der Waals surface area contributed by atoms with E-state index in [2.05, 4.69) is 6.92 Å². The molecule has 0 saturated carbocycles. The molecule has 1 aromatic rings. The molecule has 0 heterocycles. The summed E-state index contributed by atoms with van der Waals surface area (Å²) in [4.78, 5) is 21.7. The van der Waals surface area contributed by atoms with Crippen molar-refractivity contribution in [2.24, 2.45) is 5.92 Å². The highest BCUT2D eigenvalue weighted by atomic mass is 16.6. The normalized spacial score (nSPS) is 11.9. The van der Waals surface area contributed by atoms with E-state index >= 15 is 0 Å². The number of nitro benzene ring substituents is 1. The number of ether oxygens (including phenoxy) is 1. The highest BCUT2D eigenvalue weighted by molar-refractivity contribution is 5.72. The number of esters is 1. The third-order valence-electron chi connectivity index (χ3n) is 3.09. The Morgan fingerprint density at radius 3 is 2.50 bits per heavy atom. The highest BCUT2D eigenvalue weighted by Gasteiger charge is 2.12. The predicted molar refractivity (Wildman–Crippen MR) is 76.7 cm³/mol. The van der Waals surface area contributed by atoms with E-state index in [1.54, 1.807) is 0 Å². The molecule has 1 aromatic carbocycles. The summed E-state index contributed by atoms with van der Waals surface area (Å²) < 4.78 is 5.16. The Hall–Kier alpha value is -1.91. The fourth-order valence-electron chi connectivity index (χ4n) is 1.94. The highest BCUT2D eigenvalue weighted by Crippen LogP contribution is 2.19. The fourth-order valence-corrected chi connectivity index (χ4v) is 1.94. The Labute approximate surface area is 119 Å². The van der Waals surface area contributed by atoms with Gasteiger partial charge in [0.15, 0.2) is 0 Å². The molecule has 5 heteroatoms. The van der Waals surface area contributed by atoms with Gasteiger partial charge in [-0.15, -0.1) is 0 Å². The van der Waals surface area contributed by atoms with Crippen molar-refractivity contribution in [2.45, 2.75) is 46.0 Å². The molecule has 5 nitrogen and oxygen atoms in total. The summed E-state index contributed by atoms with van der Waals surface area (Å²) in [5.41, 5.74) is -0.0160.